The Morgan fingerprint density at radius 1 is 1.29 bits per heavy atom. The number of nitrogens with zero attached hydrogens (tertiary/aromatic N) is 4. The number of alkyl halides is 1. The highest BCUT2D eigenvalue weighted by atomic mass is 35.5. The maximum absolute atomic E-state index is 5.90. The lowest BCUT2D eigenvalue weighted by Gasteiger charge is -2.09. The average molecular weight is 305 g/mol. The number of aromatic nitrogens is 4. The van der Waals surface area contributed by atoms with Crippen molar-refractivity contribution in [3.05, 3.63) is 42.5 Å². The first-order chi connectivity index (χ1) is 10.3. The van der Waals surface area contributed by atoms with Crippen LogP contribution in [0.2, 0.25) is 0 Å². The fraction of sp³-hybridized carbons (Fsp3) is 0.333. The molecule has 6 heteroatoms. The van der Waals surface area contributed by atoms with Crippen molar-refractivity contribution in [2.24, 2.45) is 0 Å². The lowest BCUT2D eigenvalue weighted by Crippen LogP contribution is -2.11. The molecule has 0 atom stereocenters. The minimum atomic E-state index is 0.558. The third-order valence-corrected chi connectivity index (χ3v) is 3.65. The van der Waals surface area contributed by atoms with Crippen molar-refractivity contribution in [1.29, 1.82) is 0 Å². The number of aryl methyl sites for hydroxylation is 3. The van der Waals surface area contributed by atoms with Gasteiger partial charge in [-0.05, 0) is 18.2 Å². The van der Waals surface area contributed by atoms with Crippen LogP contribution in [-0.4, -0.2) is 32.3 Å². The van der Waals surface area contributed by atoms with Crippen molar-refractivity contribution in [3.8, 4) is 5.75 Å². The Labute approximate surface area is 128 Å². The van der Waals surface area contributed by atoms with Crippen molar-refractivity contribution in [2.45, 2.75) is 19.5 Å². The quantitative estimate of drug-likeness (QED) is 0.658. The normalized spacial score (nSPS) is 11.1. The Morgan fingerprint density at radius 3 is 2.90 bits per heavy atom. The second-order valence-corrected chi connectivity index (χ2v) is 5.12. The molecule has 5 nitrogen and oxygen atoms in total. The third-order valence-electron chi connectivity index (χ3n) is 3.46. The molecule has 0 saturated carbocycles. The first-order valence-electron chi connectivity index (χ1n) is 6.88. The van der Waals surface area contributed by atoms with Crippen molar-refractivity contribution in [1.82, 2.24) is 19.3 Å². The van der Waals surface area contributed by atoms with E-state index in [1.807, 2.05) is 35.1 Å². The number of fused-ring (bicyclic) bond motifs is 1. The predicted molar refractivity (Wildman–Crippen MR) is 82.9 cm³/mol. The van der Waals surface area contributed by atoms with Crippen molar-refractivity contribution >= 4 is 22.6 Å². The lowest BCUT2D eigenvalue weighted by molar-refractivity contribution is 0.415. The van der Waals surface area contributed by atoms with E-state index in [1.54, 1.807) is 13.3 Å². The number of benzene rings is 1. The van der Waals surface area contributed by atoms with E-state index in [2.05, 4.69) is 14.6 Å². The summed E-state index contributed by atoms with van der Waals surface area (Å²) in [4.78, 5) is 4.68. The molecule has 2 heterocycles. The summed E-state index contributed by atoms with van der Waals surface area (Å²) in [5, 5.41) is 4.24. The van der Waals surface area contributed by atoms with E-state index < -0.39 is 0 Å². The number of ether oxygens (including phenoxy) is 1. The highest BCUT2D eigenvalue weighted by Gasteiger charge is 2.11. The SMILES string of the molecule is COc1ccc2c(c1)nc(CCCl)n2CCn1cccn1. The molecule has 0 saturated heterocycles. The van der Waals surface area contributed by atoms with E-state index in [9.17, 15) is 0 Å². The van der Waals surface area contributed by atoms with E-state index >= 15 is 0 Å². The molecule has 3 aromatic rings. The average Bonchev–Trinajstić information content (AvgIpc) is 3.12. The fourth-order valence-electron chi connectivity index (χ4n) is 2.45. The molecule has 0 radical (unpaired) electrons. The minimum absolute atomic E-state index is 0.558. The Hall–Kier alpha value is -2.01. The Morgan fingerprint density at radius 2 is 2.19 bits per heavy atom. The van der Waals surface area contributed by atoms with Crippen molar-refractivity contribution in [2.75, 3.05) is 13.0 Å². The monoisotopic (exact) mass is 304 g/mol. The summed E-state index contributed by atoms with van der Waals surface area (Å²) in [6, 6.07) is 7.88. The molecule has 0 spiro atoms. The number of methoxy groups -OCH3 is 1. The van der Waals surface area contributed by atoms with Crippen LogP contribution in [0.15, 0.2) is 36.7 Å². The highest BCUT2D eigenvalue weighted by molar-refractivity contribution is 6.17. The molecule has 0 bridgehead atoms. The molecule has 21 heavy (non-hydrogen) atoms. The van der Waals surface area contributed by atoms with E-state index in [0.29, 0.717) is 5.88 Å². The van der Waals surface area contributed by atoms with Crippen LogP contribution in [0.25, 0.3) is 11.0 Å². The van der Waals surface area contributed by atoms with Gasteiger partial charge in [-0.2, -0.15) is 5.10 Å². The second-order valence-electron chi connectivity index (χ2n) is 4.74. The van der Waals surface area contributed by atoms with Gasteiger partial charge in [-0.15, -0.1) is 11.6 Å². The molecular formula is C15H17ClN4O. The molecular weight excluding hydrogens is 288 g/mol. The zero-order valence-electron chi connectivity index (χ0n) is 11.9. The second kappa shape index (κ2) is 6.18. The molecule has 0 aliphatic carbocycles. The van der Waals surface area contributed by atoms with Gasteiger partial charge in [0.2, 0.25) is 0 Å². The summed E-state index contributed by atoms with van der Waals surface area (Å²) in [7, 11) is 1.66. The molecule has 0 aliphatic rings. The van der Waals surface area contributed by atoms with Gasteiger partial charge in [0.15, 0.2) is 0 Å². The van der Waals surface area contributed by atoms with E-state index in [1.165, 1.54) is 0 Å². The molecule has 1 aromatic carbocycles. The van der Waals surface area contributed by atoms with Gasteiger partial charge >= 0.3 is 0 Å². The van der Waals surface area contributed by atoms with Crippen LogP contribution < -0.4 is 4.74 Å². The molecule has 110 valence electrons. The summed E-state index contributed by atoms with van der Waals surface area (Å²) in [5.74, 6) is 2.37. The molecule has 0 N–H and O–H groups in total. The summed E-state index contributed by atoms with van der Waals surface area (Å²) >= 11 is 5.90. The maximum Gasteiger partial charge on any atom is 0.121 e. The molecule has 0 unspecified atom stereocenters. The van der Waals surface area contributed by atoms with Gasteiger partial charge in [-0.1, -0.05) is 0 Å². The van der Waals surface area contributed by atoms with Gasteiger partial charge in [0.05, 0.1) is 24.7 Å². The number of rotatable bonds is 6. The van der Waals surface area contributed by atoms with Crippen LogP contribution >= 0.6 is 11.6 Å². The standard InChI is InChI=1S/C15H17ClN4O/c1-21-12-3-4-14-13(11-12)18-15(5-6-16)20(14)10-9-19-8-2-7-17-19/h2-4,7-8,11H,5-6,9-10H2,1H3. The highest BCUT2D eigenvalue weighted by Crippen LogP contribution is 2.22. The number of hydrogen-bond donors (Lipinski definition) is 0. The van der Waals surface area contributed by atoms with Gasteiger partial charge in [0, 0.05) is 37.3 Å². The number of imidazole rings is 1. The van der Waals surface area contributed by atoms with Crippen LogP contribution in [0.3, 0.4) is 0 Å². The van der Waals surface area contributed by atoms with Gasteiger partial charge in [-0.25, -0.2) is 4.98 Å². The van der Waals surface area contributed by atoms with E-state index in [-0.39, 0.29) is 0 Å². The van der Waals surface area contributed by atoms with Crippen LogP contribution in [0.5, 0.6) is 5.75 Å². The zero-order valence-corrected chi connectivity index (χ0v) is 12.6. The summed E-state index contributed by atoms with van der Waals surface area (Å²) in [6.45, 7) is 1.62. The Balaban J connectivity index is 1.95. The van der Waals surface area contributed by atoms with Crippen LogP contribution in [-0.2, 0) is 19.5 Å². The fourth-order valence-corrected chi connectivity index (χ4v) is 2.62. The first kappa shape index (κ1) is 13.9. The largest absolute Gasteiger partial charge is 0.497 e. The third kappa shape index (κ3) is 2.88. The number of halogens is 1. The first-order valence-corrected chi connectivity index (χ1v) is 7.42. The van der Waals surface area contributed by atoms with Gasteiger partial charge in [0.1, 0.15) is 11.6 Å². The summed E-state index contributed by atoms with van der Waals surface area (Å²) < 4.78 is 9.38. The molecule has 0 aliphatic heterocycles. The van der Waals surface area contributed by atoms with Crippen LogP contribution in [0.4, 0.5) is 0 Å². The molecule has 0 amide bonds. The van der Waals surface area contributed by atoms with E-state index in [0.717, 1.165) is 42.1 Å². The lowest BCUT2D eigenvalue weighted by atomic mass is 10.3. The summed E-state index contributed by atoms with van der Waals surface area (Å²) in [6.07, 6.45) is 4.50. The van der Waals surface area contributed by atoms with Crippen LogP contribution in [0.1, 0.15) is 5.82 Å². The van der Waals surface area contributed by atoms with Crippen LogP contribution in [0, 0.1) is 0 Å². The zero-order chi connectivity index (χ0) is 14.7. The van der Waals surface area contributed by atoms with Gasteiger partial charge < -0.3 is 9.30 Å². The van der Waals surface area contributed by atoms with Crippen molar-refractivity contribution in [3.63, 3.8) is 0 Å². The smallest absolute Gasteiger partial charge is 0.121 e. The molecule has 2 aromatic heterocycles. The Bertz CT molecular complexity index is 721. The predicted octanol–water partition coefficient (Wildman–Crippen LogP) is 2.72. The van der Waals surface area contributed by atoms with Gasteiger partial charge in [-0.3, -0.25) is 4.68 Å². The Kier molecular flexibility index (Phi) is 4.10. The molecule has 3 rings (SSSR count). The molecule has 0 fully saturated rings. The minimum Gasteiger partial charge on any atom is -0.497 e. The topological polar surface area (TPSA) is 44.9 Å². The summed E-state index contributed by atoms with van der Waals surface area (Å²) in [5.41, 5.74) is 2.04. The maximum atomic E-state index is 5.90. The van der Waals surface area contributed by atoms with Crippen molar-refractivity contribution < 1.29 is 4.74 Å². The number of hydrogen-bond acceptors (Lipinski definition) is 3. The van der Waals surface area contributed by atoms with Gasteiger partial charge in [0.25, 0.3) is 0 Å². The van der Waals surface area contributed by atoms with E-state index in [4.69, 9.17) is 16.3 Å².